The molecular weight excluding hydrogens is 414 g/mol. The molecule has 1 aliphatic rings. The van der Waals surface area contributed by atoms with Gasteiger partial charge < -0.3 is 4.42 Å². The highest BCUT2D eigenvalue weighted by atomic mass is 17.2. The van der Waals surface area contributed by atoms with Gasteiger partial charge in [0.05, 0.1) is 0 Å². The largest absolute Gasteiger partial charge is 0.440 e. The fourth-order valence-corrected chi connectivity index (χ4v) is 4.52. The van der Waals surface area contributed by atoms with E-state index < -0.39 is 5.97 Å². The van der Waals surface area contributed by atoms with Crippen molar-refractivity contribution in [2.75, 3.05) is 0 Å². The Morgan fingerprint density at radius 1 is 0.879 bits per heavy atom. The fraction of sp³-hybridized carbons (Fsp3) is 0.214. The minimum absolute atomic E-state index is 0.243. The third kappa shape index (κ3) is 4.67. The average molecular weight is 440 g/mol. The van der Waals surface area contributed by atoms with Crippen molar-refractivity contribution in [2.24, 2.45) is 0 Å². The Kier molecular flexibility index (Phi) is 5.94. The number of carbonyl (C=O) groups is 1. The Hall–Kier alpha value is -3.86. The molecule has 5 rings (SSSR count). The van der Waals surface area contributed by atoms with Gasteiger partial charge in [-0.05, 0) is 42.9 Å². The zero-order chi connectivity index (χ0) is 22.6. The maximum Gasteiger partial charge on any atom is 0.352 e. The number of oxazole rings is 1. The van der Waals surface area contributed by atoms with Crippen LogP contribution in [0.1, 0.15) is 49.5 Å². The molecule has 0 amide bonds. The number of benzene rings is 3. The van der Waals surface area contributed by atoms with E-state index in [0.717, 1.165) is 47.7 Å². The molecule has 166 valence electrons. The summed E-state index contributed by atoms with van der Waals surface area (Å²) in [6.45, 7) is 1.31. The van der Waals surface area contributed by atoms with Crippen LogP contribution in [-0.2, 0) is 9.68 Å². The van der Waals surface area contributed by atoms with Crippen LogP contribution in [0.5, 0.6) is 5.75 Å². The standard InChI is InChI=1S/C28H25NO4/c1-19(30)32-33-25-14-8-13-22(18-25)23-15-16-24(17-23)28-29-26(20-9-4-2-5-10-20)27(31-28)21-11-6-3-7-12-21/h2-14,18,23-24H,15-17H2,1H3. The van der Waals surface area contributed by atoms with Crippen LogP contribution < -0.4 is 4.89 Å². The summed E-state index contributed by atoms with van der Waals surface area (Å²) in [6, 6.07) is 28.1. The van der Waals surface area contributed by atoms with Gasteiger partial charge in [0, 0.05) is 24.0 Å². The van der Waals surface area contributed by atoms with E-state index in [1.807, 2.05) is 48.5 Å². The highest BCUT2D eigenvalue weighted by Gasteiger charge is 2.32. The SMILES string of the molecule is CC(=O)OOc1cccc(C2CCC(c3nc(-c4ccccc4)c(-c4ccccc4)o3)C2)c1. The number of aromatic nitrogens is 1. The van der Waals surface area contributed by atoms with E-state index in [-0.39, 0.29) is 5.92 Å². The molecule has 0 bridgehead atoms. The Labute approximate surface area is 192 Å². The first-order valence-corrected chi connectivity index (χ1v) is 11.2. The predicted molar refractivity (Wildman–Crippen MR) is 126 cm³/mol. The molecule has 1 aliphatic carbocycles. The number of hydrogen-bond acceptors (Lipinski definition) is 5. The predicted octanol–water partition coefficient (Wildman–Crippen LogP) is 6.92. The maximum atomic E-state index is 11.0. The first-order valence-electron chi connectivity index (χ1n) is 11.2. The van der Waals surface area contributed by atoms with E-state index in [1.165, 1.54) is 12.5 Å². The van der Waals surface area contributed by atoms with Crippen LogP contribution in [-0.4, -0.2) is 11.0 Å². The maximum absolute atomic E-state index is 11.0. The summed E-state index contributed by atoms with van der Waals surface area (Å²) in [5.41, 5.74) is 4.13. The zero-order valence-corrected chi connectivity index (χ0v) is 18.4. The van der Waals surface area contributed by atoms with Gasteiger partial charge in [0.1, 0.15) is 5.69 Å². The Bertz CT molecular complexity index is 1180. The lowest BCUT2D eigenvalue weighted by molar-refractivity contribution is -0.210. The third-order valence-corrected chi connectivity index (χ3v) is 6.09. The van der Waals surface area contributed by atoms with E-state index >= 15 is 0 Å². The van der Waals surface area contributed by atoms with Gasteiger partial charge in [0.2, 0.25) is 0 Å². The summed E-state index contributed by atoms with van der Waals surface area (Å²) in [5, 5.41) is 0. The normalized spacial score (nSPS) is 17.6. The molecule has 0 radical (unpaired) electrons. The van der Waals surface area contributed by atoms with Crippen molar-refractivity contribution in [3.63, 3.8) is 0 Å². The topological polar surface area (TPSA) is 61.6 Å². The van der Waals surface area contributed by atoms with Crippen LogP contribution >= 0.6 is 0 Å². The highest BCUT2D eigenvalue weighted by Crippen LogP contribution is 2.46. The van der Waals surface area contributed by atoms with Gasteiger partial charge in [-0.2, -0.15) is 0 Å². The summed E-state index contributed by atoms with van der Waals surface area (Å²) in [6.07, 6.45) is 2.98. The lowest BCUT2D eigenvalue weighted by Gasteiger charge is -2.11. The van der Waals surface area contributed by atoms with Gasteiger partial charge in [-0.3, -0.25) is 9.78 Å². The van der Waals surface area contributed by atoms with Crippen molar-refractivity contribution in [1.82, 2.24) is 4.98 Å². The van der Waals surface area contributed by atoms with Gasteiger partial charge in [-0.15, -0.1) is 0 Å². The van der Waals surface area contributed by atoms with Crippen LogP contribution in [0.3, 0.4) is 0 Å². The molecule has 0 spiro atoms. The molecule has 3 aromatic carbocycles. The van der Waals surface area contributed by atoms with E-state index in [9.17, 15) is 4.79 Å². The van der Waals surface area contributed by atoms with Crippen molar-refractivity contribution in [2.45, 2.75) is 38.0 Å². The van der Waals surface area contributed by atoms with Crippen molar-refractivity contribution in [3.05, 3.63) is 96.4 Å². The molecule has 1 fully saturated rings. The third-order valence-electron chi connectivity index (χ3n) is 6.09. The molecule has 0 aliphatic heterocycles. The van der Waals surface area contributed by atoms with Gasteiger partial charge in [-0.1, -0.05) is 72.8 Å². The smallest absolute Gasteiger partial charge is 0.352 e. The van der Waals surface area contributed by atoms with Crippen LogP contribution in [0, 0.1) is 0 Å². The molecule has 1 saturated carbocycles. The van der Waals surface area contributed by atoms with E-state index in [0.29, 0.717) is 11.7 Å². The van der Waals surface area contributed by atoms with Crippen molar-refractivity contribution >= 4 is 5.97 Å². The summed E-state index contributed by atoms with van der Waals surface area (Å²) in [5.74, 6) is 2.27. The van der Waals surface area contributed by atoms with Gasteiger partial charge in [0.25, 0.3) is 0 Å². The monoisotopic (exact) mass is 439 g/mol. The second-order valence-corrected chi connectivity index (χ2v) is 8.40. The fourth-order valence-electron chi connectivity index (χ4n) is 4.52. The summed E-state index contributed by atoms with van der Waals surface area (Å²) in [7, 11) is 0. The van der Waals surface area contributed by atoms with Gasteiger partial charge in [0.15, 0.2) is 17.4 Å². The number of hydrogen-bond donors (Lipinski definition) is 0. The van der Waals surface area contributed by atoms with Gasteiger partial charge >= 0.3 is 5.97 Å². The number of nitrogens with zero attached hydrogens (tertiary/aromatic N) is 1. The minimum atomic E-state index is -0.478. The first-order chi connectivity index (χ1) is 16.2. The molecule has 33 heavy (non-hydrogen) atoms. The molecule has 2 atom stereocenters. The second kappa shape index (κ2) is 9.33. The zero-order valence-electron chi connectivity index (χ0n) is 18.4. The molecule has 5 heteroatoms. The summed E-state index contributed by atoms with van der Waals surface area (Å²) >= 11 is 0. The molecule has 2 unspecified atom stereocenters. The molecule has 5 nitrogen and oxygen atoms in total. The van der Waals surface area contributed by atoms with Crippen molar-refractivity contribution in [1.29, 1.82) is 0 Å². The lowest BCUT2D eigenvalue weighted by Crippen LogP contribution is -2.03. The van der Waals surface area contributed by atoms with Gasteiger partial charge in [-0.25, -0.2) is 9.78 Å². The Morgan fingerprint density at radius 2 is 1.58 bits per heavy atom. The number of rotatable bonds is 6. The van der Waals surface area contributed by atoms with Crippen LogP contribution in [0.2, 0.25) is 0 Å². The average Bonchev–Trinajstić information content (AvgIpc) is 3.52. The Morgan fingerprint density at radius 3 is 2.30 bits per heavy atom. The van der Waals surface area contributed by atoms with E-state index in [1.54, 1.807) is 6.07 Å². The van der Waals surface area contributed by atoms with Crippen LogP contribution in [0.25, 0.3) is 22.6 Å². The second-order valence-electron chi connectivity index (χ2n) is 8.40. The van der Waals surface area contributed by atoms with E-state index in [4.69, 9.17) is 14.3 Å². The van der Waals surface area contributed by atoms with Crippen LogP contribution in [0.15, 0.2) is 89.3 Å². The molecule has 1 heterocycles. The quantitative estimate of drug-likeness (QED) is 0.241. The molecule has 1 aromatic heterocycles. The minimum Gasteiger partial charge on any atom is -0.440 e. The summed E-state index contributed by atoms with van der Waals surface area (Å²) < 4.78 is 6.42. The van der Waals surface area contributed by atoms with Crippen molar-refractivity contribution < 1.29 is 19.0 Å². The first kappa shape index (κ1) is 21.0. The van der Waals surface area contributed by atoms with Crippen molar-refractivity contribution in [3.8, 4) is 28.3 Å². The Balaban J connectivity index is 1.40. The summed E-state index contributed by atoms with van der Waals surface area (Å²) in [4.78, 5) is 25.8. The lowest BCUT2D eigenvalue weighted by atomic mass is 9.96. The molecule has 4 aromatic rings. The van der Waals surface area contributed by atoms with E-state index in [2.05, 4.69) is 35.2 Å². The molecule has 0 N–H and O–H groups in total. The molecular formula is C28H25NO4. The number of carbonyl (C=O) groups excluding carboxylic acids is 1. The van der Waals surface area contributed by atoms with Crippen LogP contribution in [0.4, 0.5) is 0 Å². The molecule has 0 saturated heterocycles. The highest BCUT2D eigenvalue weighted by molar-refractivity contribution is 5.76.